The molecule has 0 unspecified atom stereocenters. The Hall–Kier alpha value is -2.90. The molecule has 2 aromatic carbocycles. The number of benzene rings is 2. The number of hydrogen-bond acceptors (Lipinski definition) is 4. The Kier molecular flexibility index (Phi) is 4.92. The summed E-state index contributed by atoms with van der Waals surface area (Å²) < 4.78 is 63.1. The summed E-state index contributed by atoms with van der Waals surface area (Å²) in [6, 6.07) is 4.81. The van der Waals surface area contributed by atoms with Gasteiger partial charge in [0.1, 0.15) is 35.5 Å². The number of carbonyl (C=O) groups is 2. The van der Waals surface area contributed by atoms with Crippen LogP contribution in [-0.2, 0) is 9.47 Å². The molecule has 0 radical (unpaired) electrons. The lowest BCUT2D eigenvalue weighted by atomic mass is 9.91. The van der Waals surface area contributed by atoms with E-state index in [4.69, 9.17) is 9.47 Å². The SMILES string of the molecule is O=C(OC1CC(OC(=O)c2cc(F)ccc2F)C1)c1cc(F)ccc1F. The Morgan fingerprint density at radius 3 is 1.50 bits per heavy atom. The maximum Gasteiger partial charge on any atom is 0.341 e. The highest BCUT2D eigenvalue weighted by atomic mass is 19.1. The maximum atomic E-state index is 13.5. The van der Waals surface area contributed by atoms with Gasteiger partial charge < -0.3 is 9.47 Å². The van der Waals surface area contributed by atoms with Crippen molar-refractivity contribution in [1.82, 2.24) is 0 Å². The van der Waals surface area contributed by atoms with Gasteiger partial charge in [-0.05, 0) is 36.4 Å². The van der Waals surface area contributed by atoms with E-state index in [1.54, 1.807) is 0 Å². The molecule has 2 aromatic rings. The molecule has 0 spiro atoms. The summed E-state index contributed by atoms with van der Waals surface area (Å²) in [5.74, 6) is -5.46. The van der Waals surface area contributed by atoms with Crippen molar-refractivity contribution in [3.8, 4) is 0 Å². The quantitative estimate of drug-likeness (QED) is 0.609. The summed E-state index contributed by atoms with van der Waals surface area (Å²) in [7, 11) is 0. The lowest BCUT2D eigenvalue weighted by Crippen LogP contribution is -2.40. The topological polar surface area (TPSA) is 52.6 Å². The van der Waals surface area contributed by atoms with Gasteiger partial charge in [0.15, 0.2) is 0 Å². The molecule has 0 aliphatic heterocycles. The van der Waals surface area contributed by atoms with E-state index in [-0.39, 0.29) is 12.8 Å². The van der Waals surface area contributed by atoms with Crippen LogP contribution >= 0.6 is 0 Å². The van der Waals surface area contributed by atoms with Crippen molar-refractivity contribution in [3.05, 3.63) is 70.8 Å². The van der Waals surface area contributed by atoms with Crippen LogP contribution in [0.3, 0.4) is 0 Å². The van der Waals surface area contributed by atoms with Crippen LogP contribution in [0.25, 0.3) is 0 Å². The minimum absolute atomic E-state index is 0.116. The third kappa shape index (κ3) is 3.84. The normalized spacial score (nSPS) is 18.8. The van der Waals surface area contributed by atoms with Crippen molar-refractivity contribution in [2.24, 2.45) is 0 Å². The van der Waals surface area contributed by atoms with Crippen LogP contribution in [-0.4, -0.2) is 24.1 Å². The van der Waals surface area contributed by atoms with Crippen molar-refractivity contribution in [2.75, 3.05) is 0 Å². The molecule has 136 valence electrons. The lowest BCUT2D eigenvalue weighted by molar-refractivity contribution is -0.0597. The Labute approximate surface area is 145 Å². The van der Waals surface area contributed by atoms with Crippen LogP contribution in [0, 0.1) is 23.3 Å². The average Bonchev–Trinajstić information content (AvgIpc) is 2.56. The zero-order valence-electron chi connectivity index (χ0n) is 13.2. The Morgan fingerprint density at radius 2 is 1.12 bits per heavy atom. The van der Waals surface area contributed by atoms with Crippen LogP contribution in [0.15, 0.2) is 36.4 Å². The molecule has 1 aliphatic carbocycles. The van der Waals surface area contributed by atoms with E-state index < -0.39 is 58.5 Å². The number of carbonyl (C=O) groups excluding carboxylic acids is 2. The van der Waals surface area contributed by atoms with Crippen molar-refractivity contribution < 1.29 is 36.6 Å². The Bertz CT molecular complexity index is 793. The van der Waals surface area contributed by atoms with Gasteiger partial charge in [0.05, 0.1) is 11.1 Å². The van der Waals surface area contributed by atoms with Gasteiger partial charge in [0, 0.05) is 12.8 Å². The number of ether oxygens (including phenoxy) is 2. The number of esters is 2. The molecule has 1 saturated carbocycles. The van der Waals surface area contributed by atoms with E-state index in [1.807, 2.05) is 0 Å². The van der Waals surface area contributed by atoms with E-state index in [9.17, 15) is 27.2 Å². The third-order valence-corrected chi connectivity index (χ3v) is 3.90. The highest BCUT2D eigenvalue weighted by molar-refractivity contribution is 5.90. The standard InChI is InChI=1S/C18H12F4O4/c19-9-1-3-15(21)13(5-9)17(23)25-11-7-12(8-11)26-18(24)14-6-10(20)2-4-16(14)22/h1-6,11-12H,7-8H2. The first-order chi connectivity index (χ1) is 12.3. The van der Waals surface area contributed by atoms with Gasteiger partial charge in [-0.3, -0.25) is 0 Å². The average molecular weight is 368 g/mol. The monoisotopic (exact) mass is 368 g/mol. The van der Waals surface area contributed by atoms with Crippen molar-refractivity contribution in [3.63, 3.8) is 0 Å². The molecule has 8 heteroatoms. The summed E-state index contributed by atoms with van der Waals surface area (Å²) in [4.78, 5) is 23.7. The van der Waals surface area contributed by atoms with Gasteiger partial charge in [-0.15, -0.1) is 0 Å². The van der Waals surface area contributed by atoms with Crippen LogP contribution in [0.5, 0.6) is 0 Å². The number of hydrogen-bond donors (Lipinski definition) is 0. The van der Waals surface area contributed by atoms with E-state index in [1.165, 1.54) is 0 Å². The molecule has 0 atom stereocenters. The van der Waals surface area contributed by atoms with Crippen LogP contribution in [0.4, 0.5) is 17.6 Å². The predicted molar refractivity (Wildman–Crippen MR) is 80.4 cm³/mol. The maximum absolute atomic E-state index is 13.5. The summed E-state index contributed by atoms with van der Waals surface area (Å²) in [6.07, 6.45) is -1.07. The molecule has 0 amide bonds. The fourth-order valence-electron chi connectivity index (χ4n) is 2.45. The predicted octanol–water partition coefficient (Wildman–Crippen LogP) is 3.79. The Morgan fingerprint density at radius 1 is 0.731 bits per heavy atom. The first-order valence-corrected chi connectivity index (χ1v) is 7.65. The molecule has 26 heavy (non-hydrogen) atoms. The molecule has 1 fully saturated rings. The van der Waals surface area contributed by atoms with Gasteiger partial charge in [-0.2, -0.15) is 0 Å². The van der Waals surface area contributed by atoms with Crippen molar-refractivity contribution in [1.29, 1.82) is 0 Å². The molecule has 0 N–H and O–H groups in total. The molecule has 3 rings (SSSR count). The second-order valence-electron chi connectivity index (χ2n) is 5.77. The third-order valence-electron chi connectivity index (χ3n) is 3.90. The molecule has 1 aliphatic rings. The largest absolute Gasteiger partial charge is 0.458 e. The van der Waals surface area contributed by atoms with Crippen molar-refractivity contribution in [2.45, 2.75) is 25.0 Å². The fourth-order valence-corrected chi connectivity index (χ4v) is 2.45. The summed E-state index contributed by atoms with van der Waals surface area (Å²) in [6.45, 7) is 0. The minimum Gasteiger partial charge on any atom is -0.458 e. The molecular weight excluding hydrogens is 356 g/mol. The van der Waals surface area contributed by atoms with Crippen LogP contribution in [0.2, 0.25) is 0 Å². The molecule has 4 nitrogen and oxygen atoms in total. The Balaban J connectivity index is 1.53. The summed E-state index contributed by atoms with van der Waals surface area (Å²) in [5.41, 5.74) is -1.07. The van der Waals surface area contributed by atoms with Gasteiger partial charge in [-0.1, -0.05) is 0 Å². The van der Waals surface area contributed by atoms with Gasteiger partial charge in [0.2, 0.25) is 0 Å². The van der Waals surface area contributed by atoms with Gasteiger partial charge in [0.25, 0.3) is 0 Å². The van der Waals surface area contributed by atoms with Crippen molar-refractivity contribution >= 4 is 11.9 Å². The van der Waals surface area contributed by atoms with E-state index >= 15 is 0 Å². The lowest BCUT2D eigenvalue weighted by Gasteiger charge is -2.34. The molecule has 0 heterocycles. The van der Waals surface area contributed by atoms with Crippen LogP contribution in [0.1, 0.15) is 33.6 Å². The number of rotatable bonds is 4. The van der Waals surface area contributed by atoms with Gasteiger partial charge in [-0.25, -0.2) is 27.2 Å². The molecular formula is C18H12F4O4. The first kappa shape index (κ1) is 17.9. The molecule has 0 bridgehead atoms. The minimum atomic E-state index is -1.03. The molecule has 0 aromatic heterocycles. The number of halogens is 4. The van der Waals surface area contributed by atoms with Gasteiger partial charge >= 0.3 is 11.9 Å². The zero-order chi connectivity index (χ0) is 18.8. The first-order valence-electron chi connectivity index (χ1n) is 7.65. The smallest absolute Gasteiger partial charge is 0.341 e. The summed E-state index contributed by atoms with van der Waals surface area (Å²) in [5, 5.41) is 0. The van der Waals surface area contributed by atoms with Crippen LogP contribution < -0.4 is 0 Å². The van der Waals surface area contributed by atoms with E-state index in [2.05, 4.69) is 0 Å². The second-order valence-corrected chi connectivity index (χ2v) is 5.77. The summed E-state index contributed by atoms with van der Waals surface area (Å²) >= 11 is 0. The van der Waals surface area contributed by atoms with E-state index in [0.717, 1.165) is 36.4 Å². The van der Waals surface area contributed by atoms with E-state index in [0.29, 0.717) is 0 Å². The highest BCUT2D eigenvalue weighted by Crippen LogP contribution is 2.29. The highest BCUT2D eigenvalue weighted by Gasteiger charge is 2.36. The fraction of sp³-hybridized carbons (Fsp3) is 0.222. The second kappa shape index (κ2) is 7.15. The zero-order valence-corrected chi connectivity index (χ0v) is 13.2. The molecule has 0 saturated heterocycles.